The van der Waals surface area contributed by atoms with Crippen LogP contribution in [-0.2, 0) is 4.79 Å². The summed E-state index contributed by atoms with van der Waals surface area (Å²) in [6, 6.07) is 5.00. The molecule has 0 aliphatic carbocycles. The summed E-state index contributed by atoms with van der Waals surface area (Å²) >= 11 is 6.80. The van der Waals surface area contributed by atoms with E-state index in [1.807, 2.05) is 0 Å². The first-order valence-corrected chi connectivity index (χ1v) is 7.02. The molecule has 1 unspecified atom stereocenters. The predicted octanol–water partition coefficient (Wildman–Crippen LogP) is 3.49. The number of rotatable bonds is 4. The predicted molar refractivity (Wildman–Crippen MR) is 78.3 cm³/mol. The maximum atomic E-state index is 13.5. The number of benzene rings is 1. The Bertz CT molecular complexity index is 663. The number of hydrogen-bond acceptors (Lipinski definition) is 3. The van der Waals surface area contributed by atoms with Crippen LogP contribution in [0, 0.1) is 5.82 Å². The van der Waals surface area contributed by atoms with E-state index < -0.39 is 23.9 Å². The number of anilines is 1. The molecule has 2 rings (SSSR count). The van der Waals surface area contributed by atoms with E-state index in [0.717, 1.165) is 6.07 Å². The standard InChI is InChI=1S/C13H10ClFN2O3S/c14-7-3-4-9(8(15)6-7)16-13(20)17-11(12(18)19)10-2-1-5-21-10/h1-6,11H,(H,18,19)(H2,16,17,20). The lowest BCUT2D eigenvalue weighted by Crippen LogP contribution is -2.36. The zero-order chi connectivity index (χ0) is 15.4. The maximum absolute atomic E-state index is 13.5. The number of nitrogens with one attached hydrogen (secondary N) is 2. The maximum Gasteiger partial charge on any atom is 0.331 e. The Morgan fingerprint density at radius 2 is 2.10 bits per heavy atom. The van der Waals surface area contributed by atoms with Gasteiger partial charge in [0.1, 0.15) is 5.82 Å². The van der Waals surface area contributed by atoms with Crippen LogP contribution in [0.5, 0.6) is 0 Å². The lowest BCUT2D eigenvalue weighted by molar-refractivity contribution is -0.139. The van der Waals surface area contributed by atoms with Crippen molar-refractivity contribution in [2.45, 2.75) is 6.04 Å². The molecule has 0 saturated carbocycles. The number of aliphatic carboxylic acids is 1. The number of halogens is 2. The van der Waals surface area contributed by atoms with Gasteiger partial charge in [-0.3, -0.25) is 0 Å². The summed E-state index contributed by atoms with van der Waals surface area (Å²) < 4.78 is 13.5. The molecule has 1 aromatic heterocycles. The molecule has 0 saturated heterocycles. The van der Waals surface area contributed by atoms with Gasteiger partial charge in [-0.1, -0.05) is 17.7 Å². The summed E-state index contributed by atoms with van der Waals surface area (Å²) in [5.74, 6) is -1.91. The van der Waals surface area contributed by atoms with Crippen LogP contribution in [0.2, 0.25) is 5.02 Å². The summed E-state index contributed by atoms with van der Waals surface area (Å²) in [4.78, 5) is 23.4. The van der Waals surface area contributed by atoms with Crippen molar-refractivity contribution >= 4 is 40.6 Å². The molecule has 1 aromatic carbocycles. The highest BCUT2D eigenvalue weighted by Crippen LogP contribution is 2.21. The lowest BCUT2D eigenvalue weighted by Gasteiger charge is -2.14. The topological polar surface area (TPSA) is 78.4 Å². The van der Waals surface area contributed by atoms with Crippen LogP contribution >= 0.6 is 22.9 Å². The fourth-order valence-electron chi connectivity index (χ4n) is 1.59. The van der Waals surface area contributed by atoms with Crippen molar-refractivity contribution in [3.63, 3.8) is 0 Å². The minimum atomic E-state index is -1.20. The Balaban J connectivity index is 2.08. The Morgan fingerprint density at radius 1 is 1.33 bits per heavy atom. The van der Waals surface area contributed by atoms with Crippen molar-refractivity contribution in [1.29, 1.82) is 0 Å². The number of carboxylic acids is 1. The molecular formula is C13H10ClFN2O3S. The molecule has 21 heavy (non-hydrogen) atoms. The summed E-state index contributed by atoms with van der Waals surface area (Å²) in [6.07, 6.45) is 0. The fraction of sp³-hybridized carbons (Fsp3) is 0.0769. The highest BCUT2D eigenvalue weighted by atomic mass is 35.5. The quantitative estimate of drug-likeness (QED) is 0.804. The monoisotopic (exact) mass is 328 g/mol. The highest BCUT2D eigenvalue weighted by molar-refractivity contribution is 7.10. The van der Waals surface area contributed by atoms with Gasteiger partial charge in [0.2, 0.25) is 0 Å². The summed E-state index contributed by atoms with van der Waals surface area (Å²) in [6.45, 7) is 0. The van der Waals surface area contributed by atoms with Gasteiger partial charge in [0.05, 0.1) is 5.69 Å². The third kappa shape index (κ3) is 3.93. The van der Waals surface area contributed by atoms with E-state index in [0.29, 0.717) is 4.88 Å². The molecule has 0 aliphatic heterocycles. The summed E-state index contributed by atoms with van der Waals surface area (Å²) in [5.41, 5.74) is -0.0905. The first-order chi connectivity index (χ1) is 9.97. The van der Waals surface area contributed by atoms with Crippen LogP contribution in [0.25, 0.3) is 0 Å². The molecule has 5 nitrogen and oxygen atoms in total. The summed E-state index contributed by atoms with van der Waals surface area (Å²) in [7, 11) is 0. The van der Waals surface area contributed by atoms with Crippen molar-refractivity contribution in [1.82, 2.24) is 5.32 Å². The van der Waals surface area contributed by atoms with Crippen LogP contribution in [0.1, 0.15) is 10.9 Å². The Morgan fingerprint density at radius 3 is 2.67 bits per heavy atom. The van der Waals surface area contributed by atoms with Gasteiger partial charge in [0.25, 0.3) is 0 Å². The molecule has 1 heterocycles. The molecule has 0 fully saturated rings. The molecule has 1 atom stereocenters. The number of amides is 2. The average Bonchev–Trinajstić information content (AvgIpc) is 2.92. The molecule has 2 amide bonds. The van der Waals surface area contributed by atoms with E-state index in [1.54, 1.807) is 17.5 Å². The number of thiophene rings is 1. The first-order valence-electron chi connectivity index (χ1n) is 5.76. The van der Waals surface area contributed by atoms with Crippen molar-refractivity contribution in [3.8, 4) is 0 Å². The SMILES string of the molecule is O=C(Nc1ccc(Cl)cc1F)NC(C(=O)O)c1cccs1. The van der Waals surface area contributed by atoms with E-state index in [-0.39, 0.29) is 10.7 Å². The van der Waals surface area contributed by atoms with E-state index in [4.69, 9.17) is 16.7 Å². The molecule has 0 spiro atoms. The zero-order valence-corrected chi connectivity index (χ0v) is 12.0. The minimum absolute atomic E-state index is 0.0905. The van der Waals surface area contributed by atoms with E-state index in [1.165, 1.54) is 23.5 Å². The molecule has 110 valence electrons. The van der Waals surface area contributed by atoms with Gasteiger partial charge >= 0.3 is 12.0 Å². The second-order valence-electron chi connectivity index (χ2n) is 4.01. The van der Waals surface area contributed by atoms with E-state index >= 15 is 0 Å². The van der Waals surface area contributed by atoms with E-state index in [9.17, 15) is 14.0 Å². The van der Waals surface area contributed by atoms with Crippen LogP contribution in [0.15, 0.2) is 35.7 Å². The molecule has 3 N–H and O–H groups in total. The third-order valence-electron chi connectivity index (χ3n) is 2.53. The van der Waals surface area contributed by atoms with E-state index in [2.05, 4.69) is 10.6 Å². The second kappa shape index (κ2) is 6.55. The minimum Gasteiger partial charge on any atom is -0.479 e. The Hall–Kier alpha value is -2.12. The summed E-state index contributed by atoms with van der Waals surface area (Å²) in [5, 5.41) is 15.5. The van der Waals surface area contributed by atoms with Gasteiger partial charge in [0, 0.05) is 9.90 Å². The molecule has 8 heteroatoms. The Labute approximate surface area is 128 Å². The fourth-order valence-corrected chi connectivity index (χ4v) is 2.52. The smallest absolute Gasteiger partial charge is 0.331 e. The van der Waals surface area contributed by atoms with Gasteiger partial charge in [-0.05, 0) is 29.6 Å². The zero-order valence-electron chi connectivity index (χ0n) is 10.5. The largest absolute Gasteiger partial charge is 0.479 e. The van der Waals surface area contributed by atoms with Crippen LogP contribution < -0.4 is 10.6 Å². The van der Waals surface area contributed by atoms with Gasteiger partial charge < -0.3 is 15.7 Å². The van der Waals surface area contributed by atoms with Crippen LogP contribution in [0.3, 0.4) is 0 Å². The normalized spacial score (nSPS) is 11.7. The molecule has 0 radical (unpaired) electrons. The molecule has 2 aromatic rings. The highest BCUT2D eigenvalue weighted by Gasteiger charge is 2.23. The average molecular weight is 329 g/mol. The lowest BCUT2D eigenvalue weighted by atomic mass is 10.2. The van der Waals surface area contributed by atoms with Crippen molar-refractivity contribution < 1.29 is 19.1 Å². The van der Waals surface area contributed by atoms with Gasteiger partial charge in [-0.2, -0.15) is 0 Å². The Kier molecular flexibility index (Phi) is 4.77. The molecule has 0 bridgehead atoms. The molecule has 0 aliphatic rings. The van der Waals surface area contributed by atoms with Gasteiger partial charge in [-0.25, -0.2) is 14.0 Å². The van der Waals surface area contributed by atoms with Crippen molar-refractivity contribution in [3.05, 3.63) is 51.4 Å². The molecular weight excluding hydrogens is 319 g/mol. The number of hydrogen-bond donors (Lipinski definition) is 3. The van der Waals surface area contributed by atoms with Gasteiger partial charge in [0.15, 0.2) is 6.04 Å². The third-order valence-corrected chi connectivity index (χ3v) is 3.70. The number of carboxylic acid groups (broad SMARTS) is 1. The van der Waals surface area contributed by atoms with Gasteiger partial charge in [-0.15, -0.1) is 11.3 Å². The van der Waals surface area contributed by atoms with Crippen LogP contribution in [0.4, 0.5) is 14.9 Å². The number of urea groups is 1. The van der Waals surface area contributed by atoms with Crippen LogP contribution in [-0.4, -0.2) is 17.1 Å². The second-order valence-corrected chi connectivity index (χ2v) is 5.43. The van der Waals surface area contributed by atoms with Crippen molar-refractivity contribution in [2.24, 2.45) is 0 Å². The number of carbonyl (C=O) groups is 2. The first kappa shape index (κ1) is 15.3. The van der Waals surface area contributed by atoms with Crippen molar-refractivity contribution in [2.75, 3.05) is 5.32 Å². The number of carbonyl (C=O) groups excluding carboxylic acids is 1.